The maximum atomic E-state index is 12.0. The Morgan fingerprint density at radius 3 is 2.50 bits per heavy atom. The Morgan fingerprint density at radius 2 is 1.94 bits per heavy atom. The molecule has 1 aromatic carbocycles. The minimum Gasteiger partial charge on any atom is -0.396 e. The first-order valence-corrected chi connectivity index (χ1v) is 6.98. The number of hydrogen-bond donors (Lipinski definition) is 2. The van der Waals surface area contributed by atoms with Gasteiger partial charge in [0.05, 0.1) is 5.92 Å². The molecule has 0 aliphatic heterocycles. The van der Waals surface area contributed by atoms with Crippen molar-refractivity contribution in [1.82, 2.24) is 5.32 Å². The third kappa shape index (κ3) is 4.78. The van der Waals surface area contributed by atoms with Crippen molar-refractivity contribution in [1.29, 1.82) is 0 Å². The van der Waals surface area contributed by atoms with Crippen LogP contribution in [0.3, 0.4) is 0 Å². The molecule has 18 heavy (non-hydrogen) atoms. The largest absolute Gasteiger partial charge is 0.396 e. The van der Waals surface area contributed by atoms with E-state index in [1.165, 1.54) is 0 Å². The molecule has 100 valence electrons. The number of aliphatic hydroxyl groups excluding tert-OH is 1. The van der Waals surface area contributed by atoms with Gasteiger partial charge in [0.25, 0.3) is 0 Å². The molecule has 1 amide bonds. The molecule has 0 heterocycles. The molecule has 1 rings (SSSR count). The highest BCUT2D eigenvalue weighted by atomic mass is 79.9. The van der Waals surface area contributed by atoms with E-state index in [9.17, 15) is 4.79 Å². The lowest BCUT2D eigenvalue weighted by Crippen LogP contribution is -2.32. The standard InChI is InChI=1S/C14H20BrNO2/c1-10(7-8-17)9-16-14(18)11(2)12-3-5-13(15)6-4-12/h3-6,10-11,17H,7-9H2,1-2H3,(H,16,18)/t10-,11+/m1/s1. The van der Waals surface area contributed by atoms with Crippen molar-refractivity contribution in [3.05, 3.63) is 34.3 Å². The molecule has 0 spiro atoms. The second-order valence-corrected chi connectivity index (χ2v) is 5.55. The normalized spacial score (nSPS) is 14.0. The summed E-state index contributed by atoms with van der Waals surface area (Å²) in [6.07, 6.45) is 0.715. The van der Waals surface area contributed by atoms with Gasteiger partial charge < -0.3 is 10.4 Å². The molecule has 0 radical (unpaired) electrons. The second-order valence-electron chi connectivity index (χ2n) is 4.64. The number of halogens is 1. The molecule has 0 bridgehead atoms. The summed E-state index contributed by atoms with van der Waals surface area (Å²) in [5, 5.41) is 11.7. The van der Waals surface area contributed by atoms with Gasteiger partial charge in [-0.1, -0.05) is 35.0 Å². The fourth-order valence-electron chi connectivity index (χ4n) is 1.65. The van der Waals surface area contributed by atoms with Crippen LogP contribution in [-0.4, -0.2) is 24.2 Å². The number of aliphatic hydroxyl groups is 1. The molecule has 1 aromatic rings. The Hall–Kier alpha value is -0.870. The molecule has 0 saturated carbocycles. The van der Waals surface area contributed by atoms with Crippen molar-refractivity contribution in [3.63, 3.8) is 0 Å². The first kappa shape index (κ1) is 15.2. The average Bonchev–Trinajstić information content (AvgIpc) is 2.36. The Bertz CT molecular complexity index is 378. The smallest absolute Gasteiger partial charge is 0.227 e. The SMILES string of the molecule is C[C@H](CCO)CNC(=O)[C@@H](C)c1ccc(Br)cc1. The number of hydrogen-bond acceptors (Lipinski definition) is 2. The van der Waals surface area contributed by atoms with E-state index in [1.54, 1.807) is 0 Å². The van der Waals surface area contributed by atoms with Crippen LogP contribution in [0, 0.1) is 5.92 Å². The molecule has 4 heteroatoms. The summed E-state index contributed by atoms with van der Waals surface area (Å²) in [6.45, 7) is 4.69. The zero-order valence-corrected chi connectivity index (χ0v) is 12.4. The second kappa shape index (κ2) is 7.54. The van der Waals surface area contributed by atoms with Crippen molar-refractivity contribution in [2.45, 2.75) is 26.2 Å². The molecule has 0 saturated heterocycles. The van der Waals surface area contributed by atoms with Gasteiger partial charge in [-0.2, -0.15) is 0 Å². The predicted molar refractivity (Wildman–Crippen MR) is 76.4 cm³/mol. The Kier molecular flexibility index (Phi) is 6.36. The van der Waals surface area contributed by atoms with Gasteiger partial charge in [0.2, 0.25) is 5.91 Å². The van der Waals surface area contributed by atoms with Crippen LogP contribution in [-0.2, 0) is 4.79 Å². The highest BCUT2D eigenvalue weighted by Gasteiger charge is 2.15. The van der Waals surface area contributed by atoms with Crippen molar-refractivity contribution in [3.8, 4) is 0 Å². The lowest BCUT2D eigenvalue weighted by molar-refractivity contribution is -0.122. The maximum absolute atomic E-state index is 12.0. The zero-order chi connectivity index (χ0) is 13.5. The first-order chi connectivity index (χ1) is 8.54. The summed E-state index contributed by atoms with van der Waals surface area (Å²) in [7, 11) is 0. The maximum Gasteiger partial charge on any atom is 0.227 e. The van der Waals surface area contributed by atoms with E-state index in [2.05, 4.69) is 21.2 Å². The van der Waals surface area contributed by atoms with Crippen LogP contribution in [0.15, 0.2) is 28.7 Å². The molecule has 0 aliphatic carbocycles. The average molecular weight is 314 g/mol. The molecular weight excluding hydrogens is 294 g/mol. The van der Waals surface area contributed by atoms with Crippen LogP contribution in [0.1, 0.15) is 31.7 Å². The summed E-state index contributed by atoms with van der Waals surface area (Å²) in [5.41, 5.74) is 1.01. The molecule has 0 unspecified atom stereocenters. The lowest BCUT2D eigenvalue weighted by Gasteiger charge is -2.15. The van der Waals surface area contributed by atoms with Crippen molar-refractivity contribution in [2.75, 3.05) is 13.2 Å². The topological polar surface area (TPSA) is 49.3 Å². The van der Waals surface area contributed by atoms with Crippen LogP contribution in [0.2, 0.25) is 0 Å². The molecule has 2 N–H and O–H groups in total. The van der Waals surface area contributed by atoms with Crippen LogP contribution >= 0.6 is 15.9 Å². The highest BCUT2D eigenvalue weighted by molar-refractivity contribution is 9.10. The Morgan fingerprint density at radius 1 is 1.33 bits per heavy atom. The van der Waals surface area contributed by atoms with E-state index in [0.717, 1.165) is 10.0 Å². The third-order valence-electron chi connectivity index (χ3n) is 3.01. The van der Waals surface area contributed by atoms with Crippen molar-refractivity contribution < 1.29 is 9.90 Å². The summed E-state index contributed by atoms with van der Waals surface area (Å²) in [4.78, 5) is 12.0. The van der Waals surface area contributed by atoms with E-state index in [1.807, 2.05) is 38.1 Å². The number of amides is 1. The summed E-state index contributed by atoms with van der Waals surface area (Å²) in [6, 6.07) is 7.78. The van der Waals surface area contributed by atoms with E-state index in [0.29, 0.717) is 18.9 Å². The number of nitrogens with one attached hydrogen (secondary N) is 1. The van der Waals surface area contributed by atoms with Crippen LogP contribution in [0.5, 0.6) is 0 Å². The van der Waals surface area contributed by atoms with E-state index < -0.39 is 0 Å². The Labute approximate surface area is 117 Å². The van der Waals surface area contributed by atoms with Gasteiger partial charge in [-0.15, -0.1) is 0 Å². The van der Waals surface area contributed by atoms with Gasteiger partial charge in [-0.25, -0.2) is 0 Å². The molecule has 2 atom stereocenters. The number of carbonyl (C=O) groups is 1. The van der Waals surface area contributed by atoms with Crippen molar-refractivity contribution >= 4 is 21.8 Å². The van der Waals surface area contributed by atoms with Crippen LogP contribution < -0.4 is 5.32 Å². The van der Waals surface area contributed by atoms with Crippen molar-refractivity contribution in [2.24, 2.45) is 5.92 Å². The number of rotatable bonds is 6. The number of carbonyl (C=O) groups excluding carboxylic acids is 1. The fourth-order valence-corrected chi connectivity index (χ4v) is 1.92. The lowest BCUT2D eigenvalue weighted by atomic mass is 10.00. The summed E-state index contributed by atoms with van der Waals surface area (Å²) < 4.78 is 1.01. The van der Waals surface area contributed by atoms with Crippen LogP contribution in [0.4, 0.5) is 0 Å². The molecule has 0 fully saturated rings. The molecule has 0 aliphatic rings. The zero-order valence-electron chi connectivity index (χ0n) is 10.8. The Balaban J connectivity index is 2.48. The predicted octanol–water partition coefficient (Wildman–Crippen LogP) is 2.69. The van der Waals surface area contributed by atoms with Gasteiger partial charge in [0, 0.05) is 17.6 Å². The van der Waals surface area contributed by atoms with Gasteiger partial charge in [0.15, 0.2) is 0 Å². The third-order valence-corrected chi connectivity index (χ3v) is 3.54. The molecule has 0 aromatic heterocycles. The highest BCUT2D eigenvalue weighted by Crippen LogP contribution is 2.18. The fraction of sp³-hybridized carbons (Fsp3) is 0.500. The van der Waals surface area contributed by atoms with E-state index >= 15 is 0 Å². The van der Waals surface area contributed by atoms with Gasteiger partial charge in [0.1, 0.15) is 0 Å². The monoisotopic (exact) mass is 313 g/mol. The van der Waals surface area contributed by atoms with Gasteiger partial charge in [-0.3, -0.25) is 4.79 Å². The summed E-state index contributed by atoms with van der Waals surface area (Å²) in [5.74, 6) is 0.178. The van der Waals surface area contributed by atoms with E-state index in [4.69, 9.17) is 5.11 Å². The quantitative estimate of drug-likeness (QED) is 0.848. The number of benzene rings is 1. The minimum atomic E-state index is -0.153. The molecule has 3 nitrogen and oxygen atoms in total. The molecular formula is C14H20BrNO2. The van der Waals surface area contributed by atoms with E-state index in [-0.39, 0.29) is 18.4 Å². The van der Waals surface area contributed by atoms with Gasteiger partial charge >= 0.3 is 0 Å². The van der Waals surface area contributed by atoms with Gasteiger partial charge in [-0.05, 0) is 37.0 Å². The minimum absolute atomic E-state index is 0.0297. The first-order valence-electron chi connectivity index (χ1n) is 6.18. The van der Waals surface area contributed by atoms with Crippen LogP contribution in [0.25, 0.3) is 0 Å². The summed E-state index contributed by atoms with van der Waals surface area (Å²) >= 11 is 3.37.